The van der Waals surface area contributed by atoms with Crippen molar-refractivity contribution in [2.24, 2.45) is 0 Å². The molecule has 0 aliphatic carbocycles. The summed E-state index contributed by atoms with van der Waals surface area (Å²) in [5.74, 6) is 0. The van der Waals surface area contributed by atoms with Crippen LogP contribution in [-0.4, -0.2) is 6.54 Å². The highest BCUT2D eigenvalue weighted by Crippen LogP contribution is 2.22. The Kier molecular flexibility index (Phi) is 9.40. The standard InChI is InChI=1S/C19H33N/c1-4-7-8-9-14-19(20-15-6-3)18-13-10-12-17(16-18)11-5-2/h10,12-13,16,19-20H,4-9,11,14-15H2,1-3H3. The van der Waals surface area contributed by atoms with E-state index >= 15 is 0 Å². The van der Waals surface area contributed by atoms with Crippen LogP contribution in [0.1, 0.15) is 82.9 Å². The maximum Gasteiger partial charge on any atom is 0.0320 e. The van der Waals surface area contributed by atoms with E-state index in [2.05, 4.69) is 50.4 Å². The molecular formula is C19H33N. The van der Waals surface area contributed by atoms with Gasteiger partial charge in [0, 0.05) is 6.04 Å². The zero-order valence-electron chi connectivity index (χ0n) is 13.8. The summed E-state index contributed by atoms with van der Waals surface area (Å²) < 4.78 is 0. The van der Waals surface area contributed by atoms with Gasteiger partial charge in [0.2, 0.25) is 0 Å². The van der Waals surface area contributed by atoms with Crippen LogP contribution in [0.2, 0.25) is 0 Å². The monoisotopic (exact) mass is 275 g/mol. The zero-order valence-corrected chi connectivity index (χ0v) is 13.8. The van der Waals surface area contributed by atoms with Gasteiger partial charge in [-0.3, -0.25) is 0 Å². The first-order valence-electron chi connectivity index (χ1n) is 8.64. The van der Waals surface area contributed by atoms with Crippen LogP contribution >= 0.6 is 0 Å². The Hall–Kier alpha value is -0.820. The Morgan fingerprint density at radius 2 is 1.80 bits per heavy atom. The molecular weight excluding hydrogens is 242 g/mol. The Labute approximate surface area is 126 Å². The second kappa shape index (κ2) is 10.9. The minimum Gasteiger partial charge on any atom is -0.310 e. The molecule has 0 aromatic heterocycles. The smallest absolute Gasteiger partial charge is 0.0320 e. The van der Waals surface area contributed by atoms with Gasteiger partial charge in [0.05, 0.1) is 0 Å². The van der Waals surface area contributed by atoms with Crippen LogP contribution in [0.5, 0.6) is 0 Å². The molecule has 1 aromatic rings. The molecule has 114 valence electrons. The summed E-state index contributed by atoms with van der Waals surface area (Å²) in [6.07, 6.45) is 10.3. The van der Waals surface area contributed by atoms with E-state index in [9.17, 15) is 0 Å². The quantitative estimate of drug-likeness (QED) is 0.514. The van der Waals surface area contributed by atoms with Crippen molar-refractivity contribution in [1.82, 2.24) is 5.32 Å². The predicted molar refractivity (Wildman–Crippen MR) is 90.2 cm³/mol. The highest BCUT2D eigenvalue weighted by Gasteiger charge is 2.10. The molecule has 1 unspecified atom stereocenters. The van der Waals surface area contributed by atoms with E-state index in [-0.39, 0.29) is 0 Å². The maximum absolute atomic E-state index is 3.73. The summed E-state index contributed by atoms with van der Waals surface area (Å²) >= 11 is 0. The molecule has 0 saturated carbocycles. The minimum absolute atomic E-state index is 0.545. The topological polar surface area (TPSA) is 12.0 Å². The number of nitrogens with one attached hydrogen (secondary N) is 1. The van der Waals surface area contributed by atoms with Crippen LogP contribution in [-0.2, 0) is 6.42 Å². The molecule has 0 spiro atoms. The normalized spacial score (nSPS) is 12.6. The first-order chi connectivity index (χ1) is 9.81. The van der Waals surface area contributed by atoms with Gasteiger partial charge in [-0.15, -0.1) is 0 Å². The summed E-state index contributed by atoms with van der Waals surface area (Å²) in [6, 6.07) is 9.75. The highest BCUT2D eigenvalue weighted by atomic mass is 14.9. The van der Waals surface area contributed by atoms with Crippen molar-refractivity contribution in [2.45, 2.75) is 78.2 Å². The molecule has 0 aliphatic rings. The van der Waals surface area contributed by atoms with Crippen molar-refractivity contribution in [1.29, 1.82) is 0 Å². The van der Waals surface area contributed by atoms with E-state index in [1.807, 2.05) is 0 Å². The molecule has 20 heavy (non-hydrogen) atoms. The highest BCUT2D eigenvalue weighted by molar-refractivity contribution is 5.26. The summed E-state index contributed by atoms with van der Waals surface area (Å²) in [7, 11) is 0. The lowest BCUT2D eigenvalue weighted by atomic mass is 9.97. The predicted octanol–water partition coefficient (Wildman–Crippen LogP) is 5.65. The fourth-order valence-corrected chi connectivity index (χ4v) is 2.73. The lowest BCUT2D eigenvalue weighted by molar-refractivity contribution is 0.470. The van der Waals surface area contributed by atoms with Gasteiger partial charge in [-0.2, -0.15) is 0 Å². The third kappa shape index (κ3) is 6.56. The van der Waals surface area contributed by atoms with E-state index in [1.54, 1.807) is 0 Å². The van der Waals surface area contributed by atoms with Gasteiger partial charge in [-0.05, 0) is 36.9 Å². The number of hydrogen-bond acceptors (Lipinski definition) is 1. The van der Waals surface area contributed by atoms with E-state index in [1.165, 1.54) is 62.5 Å². The molecule has 0 radical (unpaired) electrons. The molecule has 0 bridgehead atoms. The molecule has 1 rings (SSSR count). The number of benzene rings is 1. The van der Waals surface area contributed by atoms with Gasteiger partial charge < -0.3 is 5.32 Å². The van der Waals surface area contributed by atoms with Gasteiger partial charge >= 0.3 is 0 Å². The van der Waals surface area contributed by atoms with Crippen LogP contribution < -0.4 is 5.32 Å². The van der Waals surface area contributed by atoms with Crippen molar-refractivity contribution in [3.05, 3.63) is 35.4 Å². The molecule has 1 atom stereocenters. The lowest BCUT2D eigenvalue weighted by Crippen LogP contribution is -2.22. The van der Waals surface area contributed by atoms with Crippen LogP contribution in [0, 0.1) is 0 Å². The number of aryl methyl sites for hydroxylation is 1. The zero-order chi connectivity index (χ0) is 14.6. The van der Waals surface area contributed by atoms with E-state index in [0.29, 0.717) is 6.04 Å². The van der Waals surface area contributed by atoms with Crippen molar-refractivity contribution >= 4 is 0 Å². The third-order valence-corrected chi connectivity index (χ3v) is 3.88. The van der Waals surface area contributed by atoms with Gasteiger partial charge in [0.15, 0.2) is 0 Å². The first-order valence-corrected chi connectivity index (χ1v) is 8.64. The molecule has 0 saturated heterocycles. The fraction of sp³-hybridized carbons (Fsp3) is 0.684. The van der Waals surface area contributed by atoms with Crippen LogP contribution in [0.3, 0.4) is 0 Å². The molecule has 1 heteroatoms. The Morgan fingerprint density at radius 3 is 2.50 bits per heavy atom. The maximum atomic E-state index is 3.73. The number of unbranched alkanes of at least 4 members (excludes halogenated alkanes) is 3. The molecule has 1 nitrogen and oxygen atoms in total. The van der Waals surface area contributed by atoms with Crippen molar-refractivity contribution in [3.63, 3.8) is 0 Å². The first kappa shape index (κ1) is 17.2. The van der Waals surface area contributed by atoms with E-state index in [4.69, 9.17) is 0 Å². The average Bonchev–Trinajstić information content (AvgIpc) is 2.47. The van der Waals surface area contributed by atoms with Crippen LogP contribution in [0.25, 0.3) is 0 Å². The Morgan fingerprint density at radius 1 is 0.950 bits per heavy atom. The lowest BCUT2D eigenvalue weighted by Gasteiger charge is -2.20. The molecule has 0 amide bonds. The minimum atomic E-state index is 0.545. The number of rotatable bonds is 11. The summed E-state index contributed by atoms with van der Waals surface area (Å²) in [4.78, 5) is 0. The summed E-state index contributed by atoms with van der Waals surface area (Å²) in [6.45, 7) is 7.90. The van der Waals surface area contributed by atoms with E-state index < -0.39 is 0 Å². The van der Waals surface area contributed by atoms with Gasteiger partial charge in [0.1, 0.15) is 0 Å². The molecule has 1 N–H and O–H groups in total. The second-order valence-corrected chi connectivity index (χ2v) is 5.85. The molecule has 0 heterocycles. The van der Waals surface area contributed by atoms with Crippen molar-refractivity contribution < 1.29 is 0 Å². The van der Waals surface area contributed by atoms with Crippen molar-refractivity contribution in [3.8, 4) is 0 Å². The summed E-state index contributed by atoms with van der Waals surface area (Å²) in [5, 5.41) is 3.73. The second-order valence-electron chi connectivity index (χ2n) is 5.85. The Bertz CT molecular complexity index is 345. The van der Waals surface area contributed by atoms with Crippen LogP contribution in [0.15, 0.2) is 24.3 Å². The van der Waals surface area contributed by atoms with Gasteiger partial charge in [-0.25, -0.2) is 0 Å². The fourth-order valence-electron chi connectivity index (χ4n) is 2.73. The van der Waals surface area contributed by atoms with E-state index in [0.717, 1.165) is 6.54 Å². The van der Waals surface area contributed by atoms with Gasteiger partial charge in [0.25, 0.3) is 0 Å². The number of hydrogen-bond donors (Lipinski definition) is 1. The summed E-state index contributed by atoms with van der Waals surface area (Å²) in [5.41, 5.74) is 2.97. The Balaban J connectivity index is 2.62. The molecule has 0 aliphatic heterocycles. The van der Waals surface area contributed by atoms with Crippen LogP contribution in [0.4, 0.5) is 0 Å². The third-order valence-electron chi connectivity index (χ3n) is 3.88. The molecule has 0 fully saturated rings. The molecule has 1 aromatic carbocycles. The van der Waals surface area contributed by atoms with Gasteiger partial charge in [-0.1, -0.05) is 77.1 Å². The largest absolute Gasteiger partial charge is 0.310 e. The van der Waals surface area contributed by atoms with Crippen molar-refractivity contribution in [2.75, 3.05) is 6.54 Å². The SMILES string of the molecule is CCCCCCC(NCCC)c1cccc(CCC)c1. The average molecular weight is 275 g/mol.